The molecule has 0 radical (unpaired) electrons. The van der Waals surface area contributed by atoms with Gasteiger partial charge in [0.2, 0.25) is 0 Å². The first-order valence-electron chi connectivity index (χ1n) is 6.45. The van der Waals surface area contributed by atoms with Crippen molar-refractivity contribution in [1.29, 1.82) is 0 Å². The van der Waals surface area contributed by atoms with Crippen LogP contribution < -0.4 is 0 Å². The Morgan fingerprint density at radius 2 is 1.74 bits per heavy atom. The van der Waals surface area contributed by atoms with Gasteiger partial charge in [0.25, 0.3) is 0 Å². The third kappa shape index (κ3) is 3.77. The van der Waals surface area contributed by atoms with E-state index in [4.69, 9.17) is 0 Å². The second-order valence-corrected chi connectivity index (χ2v) is 6.05. The molecule has 0 atom stereocenters. The molecule has 1 nitrogen and oxygen atoms in total. The smallest absolute Gasteiger partial charge is 0.193 e. The van der Waals surface area contributed by atoms with E-state index >= 15 is 0 Å². The lowest BCUT2D eigenvalue weighted by Crippen LogP contribution is -2.02. The summed E-state index contributed by atoms with van der Waals surface area (Å²) < 4.78 is 0.926. The average molecular weight is 317 g/mol. The second-order valence-electron chi connectivity index (χ2n) is 5.13. The quantitative estimate of drug-likeness (QED) is 0.735. The summed E-state index contributed by atoms with van der Waals surface area (Å²) in [7, 11) is 0. The van der Waals surface area contributed by atoms with Crippen molar-refractivity contribution in [3.05, 3.63) is 69.7 Å². The van der Waals surface area contributed by atoms with E-state index in [1.54, 1.807) is 0 Å². The fraction of sp³-hybridized carbons (Fsp3) is 0.235. The molecular weight excluding hydrogens is 300 g/mol. The van der Waals surface area contributed by atoms with Gasteiger partial charge in [-0.1, -0.05) is 66.2 Å². The van der Waals surface area contributed by atoms with E-state index in [0.29, 0.717) is 11.5 Å². The molecule has 0 aliphatic rings. The molecule has 2 rings (SSSR count). The Morgan fingerprint density at radius 1 is 1.05 bits per heavy atom. The summed E-state index contributed by atoms with van der Waals surface area (Å²) >= 11 is 3.39. The number of rotatable bonds is 4. The third-order valence-electron chi connectivity index (χ3n) is 2.95. The Balaban J connectivity index is 2.20. The molecule has 0 N–H and O–H groups in total. The lowest BCUT2D eigenvalue weighted by atomic mass is 9.98. The zero-order valence-electron chi connectivity index (χ0n) is 11.2. The maximum Gasteiger partial charge on any atom is 0.193 e. The fourth-order valence-corrected chi connectivity index (χ4v) is 2.46. The van der Waals surface area contributed by atoms with Gasteiger partial charge in [0.15, 0.2) is 5.78 Å². The van der Waals surface area contributed by atoms with Crippen LogP contribution in [-0.2, 0) is 6.42 Å². The molecule has 0 aromatic heterocycles. The van der Waals surface area contributed by atoms with Crippen LogP contribution in [0.25, 0.3) is 0 Å². The summed E-state index contributed by atoms with van der Waals surface area (Å²) in [4.78, 5) is 12.3. The van der Waals surface area contributed by atoms with Crippen molar-refractivity contribution < 1.29 is 4.79 Å². The summed E-state index contributed by atoms with van der Waals surface area (Å²) in [6, 6.07) is 15.4. The number of hydrogen-bond donors (Lipinski definition) is 0. The third-order valence-corrected chi connectivity index (χ3v) is 3.44. The van der Waals surface area contributed by atoms with Crippen LogP contribution >= 0.6 is 15.9 Å². The van der Waals surface area contributed by atoms with Crippen molar-refractivity contribution in [1.82, 2.24) is 0 Å². The summed E-state index contributed by atoms with van der Waals surface area (Å²) in [6.45, 7) is 4.39. The van der Waals surface area contributed by atoms with E-state index in [0.717, 1.165) is 16.5 Å². The first-order valence-corrected chi connectivity index (χ1v) is 7.25. The highest BCUT2D eigenvalue weighted by atomic mass is 79.9. The molecule has 0 spiro atoms. The molecule has 19 heavy (non-hydrogen) atoms. The standard InChI is InChI=1S/C17H17BrO/c1-12(2)10-13-6-8-14(9-7-13)17(19)15-4-3-5-16(18)11-15/h3-9,11-12H,10H2,1-2H3. The highest BCUT2D eigenvalue weighted by Crippen LogP contribution is 2.17. The molecule has 0 amide bonds. The molecule has 0 saturated carbocycles. The first kappa shape index (κ1) is 14.0. The zero-order valence-corrected chi connectivity index (χ0v) is 12.8. The lowest BCUT2D eigenvalue weighted by molar-refractivity contribution is 0.103. The SMILES string of the molecule is CC(C)Cc1ccc(C(=O)c2cccc(Br)c2)cc1. The minimum Gasteiger partial charge on any atom is -0.289 e. The van der Waals surface area contributed by atoms with Crippen molar-refractivity contribution in [3.63, 3.8) is 0 Å². The monoisotopic (exact) mass is 316 g/mol. The molecule has 2 aromatic carbocycles. The van der Waals surface area contributed by atoms with Crippen molar-refractivity contribution in [3.8, 4) is 0 Å². The van der Waals surface area contributed by atoms with Crippen molar-refractivity contribution in [2.24, 2.45) is 5.92 Å². The summed E-state index contributed by atoms with van der Waals surface area (Å²) in [5, 5.41) is 0. The molecule has 0 saturated heterocycles. The Labute approximate surface area is 122 Å². The maximum atomic E-state index is 12.3. The number of benzene rings is 2. The molecule has 98 valence electrons. The Kier molecular flexibility index (Phi) is 4.54. The van der Waals surface area contributed by atoms with Crippen molar-refractivity contribution in [2.45, 2.75) is 20.3 Å². The van der Waals surface area contributed by atoms with Gasteiger partial charge in [-0.3, -0.25) is 4.79 Å². The number of carbonyl (C=O) groups is 1. The predicted octanol–water partition coefficient (Wildman–Crippen LogP) is 4.88. The number of hydrogen-bond acceptors (Lipinski definition) is 1. The highest BCUT2D eigenvalue weighted by Gasteiger charge is 2.09. The molecule has 2 aromatic rings. The molecule has 2 heteroatoms. The van der Waals surface area contributed by atoms with Gasteiger partial charge in [0, 0.05) is 15.6 Å². The minimum atomic E-state index is 0.0670. The Bertz CT molecular complexity index is 570. The van der Waals surface area contributed by atoms with Gasteiger partial charge in [-0.2, -0.15) is 0 Å². The van der Waals surface area contributed by atoms with E-state index < -0.39 is 0 Å². The van der Waals surface area contributed by atoms with E-state index in [2.05, 4.69) is 29.8 Å². The fourth-order valence-electron chi connectivity index (χ4n) is 2.06. The molecule has 0 fully saturated rings. The van der Waals surface area contributed by atoms with Crippen LogP contribution in [0.3, 0.4) is 0 Å². The van der Waals surface area contributed by atoms with E-state index in [1.165, 1.54) is 5.56 Å². The number of ketones is 1. The Morgan fingerprint density at radius 3 is 2.32 bits per heavy atom. The van der Waals surface area contributed by atoms with E-state index in [-0.39, 0.29) is 5.78 Å². The Hall–Kier alpha value is -1.41. The minimum absolute atomic E-state index is 0.0670. The van der Waals surface area contributed by atoms with Crippen LogP contribution in [0.15, 0.2) is 53.0 Å². The van der Waals surface area contributed by atoms with Gasteiger partial charge in [-0.25, -0.2) is 0 Å². The van der Waals surface area contributed by atoms with Crippen LogP contribution in [0.1, 0.15) is 35.3 Å². The molecule has 0 aliphatic heterocycles. The summed E-state index contributed by atoms with van der Waals surface area (Å²) in [5.41, 5.74) is 2.73. The normalized spacial score (nSPS) is 10.7. The lowest BCUT2D eigenvalue weighted by Gasteiger charge is -2.06. The summed E-state index contributed by atoms with van der Waals surface area (Å²) in [6.07, 6.45) is 1.05. The van der Waals surface area contributed by atoms with Crippen LogP contribution in [0.5, 0.6) is 0 Å². The predicted molar refractivity (Wildman–Crippen MR) is 82.6 cm³/mol. The molecule has 0 heterocycles. The van der Waals surface area contributed by atoms with Crippen LogP contribution in [0, 0.1) is 5.92 Å². The van der Waals surface area contributed by atoms with Crippen LogP contribution in [-0.4, -0.2) is 5.78 Å². The largest absolute Gasteiger partial charge is 0.289 e. The summed E-state index contributed by atoms with van der Waals surface area (Å²) in [5.74, 6) is 0.698. The van der Waals surface area contributed by atoms with Crippen molar-refractivity contribution in [2.75, 3.05) is 0 Å². The number of halogens is 1. The molecule has 0 aliphatic carbocycles. The molecular formula is C17H17BrO. The van der Waals surface area contributed by atoms with E-state index in [9.17, 15) is 4.79 Å². The van der Waals surface area contributed by atoms with Gasteiger partial charge in [0.1, 0.15) is 0 Å². The van der Waals surface area contributed by atoms with Crippen molar-refractivity contribution >= 4 is 21.7 Å². The number of carbonyl (C=O) groups excluding carboxylic acids is 1. The highest BCUT2D eigenvalue weighted by molar-refractivity contribution is 9.10. The van der Waals surface area contributed by atoms with Crippen LogP contribution in [0.2, 0.25) is 0 Å². The maximum absolute atomic E-state index is 12.3. The molecule has 0 unspecified atom stereocenters. The van der Waals surface area contributed by atoms with Gasteiger partial charge >= 0.3 is 0 Å². The van der Waals surface area contributed by atoms with E-state index in [1.807, 2.05) is 48.5 Å². The molecule has 0 bridgehead atoms. The second kappa shape index (κ2) is 6.16. The van der Waals surface area contributed by atoms with Gasteiger partial charge in [0.05, 0.1) is 0 Å². The van der Waals surface area contributed by atoms with Crippen LogP contribution in [0.4, 0.5) is 0 Å². The zero-order chi connectivity index (χ0) is 13.8. The van der Waals surface area contributed by atoms with Gasteiger partial charge < -0.3 is 0 Å². The average Bonchev–Trinajstić information content (AvgIpc) is 2.38. The first-order chi connectivity index (χ1) is 9.06. The topological polar surface area (TPSA) is 17.1 Å². The van der Waals surface area contributed by atoms with Gasteiger partial charge in [-0.05, 0) is 30.0 Å². The van der Waals surface area contributed by atoms with Gasteiger partial charge in [-0.15, -0.1) is 0 Å².